The van der Waals surface area contributed by atoms with Crippen LogP contribution < -0.4 is 11.1 Å². The Bertz CT molecular complexity index is 580. The van der Waals surface area contributed by atoms with Gasteiger partial charge in [-0.3, -0.25) is 0 Å². The smallest absolute Gasteiger partial charge is 0.138 e. The Balaban J connectivity index is 1.87. The van der Waals surface area contributed by atoms with E-state index in [2.05, 4.69) is 28.3 Å². The second kappa shape index (κ2) is 6.06. The predicted molar refractivity (Wildman–Crippen MR) is 85.3 cm³/mol. The molecule has 0 radical (unpaired) electrons. The van der Waals surface area contributed by atoms with E-state index in [1.54, 1.807) is 17.7 Å². The number of nitrogens with two attached hydrogens (primary N) is 1. The zero-order valence-corrected chi connectivity index (χ0v) is 12.7. The minimum Gasteiger partial charge on any atom is -0.365 e. The molecule has 0 amide bonds. The van der Waals surface area contributed by atoms with Crippen molar-refractivity contribution in [2.45, 2.75) is 57.5 Å². The molecule has 1 aliphatic carbocycles. The highest BCUT2D eigenvalue weighted by Crippen LogP contribution is 2.30. The van der Waals surface area contributed by atoms with Crippen molar-refractivity contribution in [3.8, 4) is 0 Å². The minimum atomic E-state index is 0.229. The normalized spacial score (nSPS) is 23.7. The van der Waals surface area contributed by atoms with Crippen LogP contribution in [-0.2, 0) is 6.42 Å². The molecule has 0 aliphatic heterocycles. The molecule has 1 fully saturated rings. The van der Waals surface area contributed by atoms with Gasteiger partial charge in [-0.25, -0.2) is 9.97 Å². The van der Waals surface area contributed by atoms with E-state index in [1.807, 2.05) is 0 Å². The molecule has 20 heavy (non-hydrogen) atoms. The third-order valence-electron chi connectivity index (χ3n) is 4.12. The van der Waals surface area contributed by atoms with Crippen LogP contribution in [0.2, 0.25) is 0 Å². The largest absolute Gasteiger partial charge is 0.365 e. The number of hydrogen-bond acceptors (Lipinski definition) is 5. The van der Waals surface area contributed by atoms with E-state index in [0.717, 1.165) is 35.3 Å². The minimum absolute atomic E-state index is 0.229. The average molecular weight is 290 g/mol. The summed E-state index contributed by atoms with van der Waals surface area (Å²) in [5.74, 6) is 0.952. The van der Waals surface area contributed by atoms with Crippen molar-refractivity contribution in [1.29, 1.82) is 0 Å². The van der Waals surface area contributed by atoms with Gasteiger partial charge < -0.3 is 11.1 Å². The molecule has 2 aromatic heterocycles. The molecule has 2 atom stereocenters. The lowest BCUT2D eigenvalue weighted by molar-refractivity contribution is 0.527. The molecule has 1 aliphatic rings. The monoisotopic (exact) mass is 290 g/mol. The molecule has 0 bridgehead atoms. The number of rotatable bonds is 3. The van der Waals surface area contributed by atoms with Crippen molar-refractivity contribution < 1.29 is 0 Å². The van der Waals surface area contributed by atoms with Crippen molar-refractivity contribution in [3.63, 3.8) is 0 Å². The highest BCUT2D eigenvalue weighted by molar-refractivity contribution is 7.18. The second-order valence-electron chi connectivity index (χ2n) is 5.56. The van der Waals surface area contributed by atoms with Crippen molar-refractivity contribution in [3.05, 3.63) is 17.3 Å². The van der Waals surface area contributed by atoms with Crippen LogP contribution in [0.3, 0.4) is 0 Å². The maximum Gasteiger partial charge on any atom is 0.138 e. The van der Waals surface area contributed by atoms with Gasteiger partial charge in [-0.15, -0.1) is 11.3 Å². The summed E-state index contributed by atoms with van der Waals surface area (Å²) in [6.45, 7) is 2.17. The van der Waals surface area contributed by atoms with Crippen molar-refractivity contribution in [1.82, 2.24) is 9.97 Å². The topological polar surface area (TPSA) is 63.8 Å². The Morgan fingerprint density at radius 1 is 1.30 bits per heavy atom. The van der Waals surface area contributed by atoms with Crippen LogP contribution in [-0.4, -0.2) is 22.1 Å². The van der Waals surface area contributed by atoms with Crippen molar-refractivity contribution in [2.75, 3.05) is 5.32 Å². The van der Waals surface area contributed by atoms with Crippen molar-refractivity contribution >= 4 is 27.4 Å². The number of aryl methyl sites for hydroxylation is 1. The predicted octanol–water partition coefficient (Wildman–Crippen LogP) is 3.33. The Labute approximate surface area is 123 Å². The number of thiophene rings is 1. The molecule has 108 valence electrons. The first-order valence-electron chi connectivity index (χ1n) is 7.53. The summed E-state index contributed by atoms with van der Waals surface area (Å²) >= 11 is 1.76. The SMILES string of the molecule is CCc1cc2c(NC3CCCCCC3N)ncnc2s1. The first-order valence-corrected chi connectivity index (χ1v) is 8.35. The summed E-state index contributed by atoms with van der Waals surface area (Å²) < 4.78 is 0. The van der Waals surface area contributed by atoms with Crippen LogP contribution in [0.25, 0.3) is 10.2 Å². The quantitative estimate of drug-likeness (QED) is 0.851. The Hall–Kier alpha value is -1.20. The molecule has 2 heterocycles. The van der Waals surface area contributed by atoms with Gasteiger partial charge in [0.25, 0.3) is 0 Å². The molecule has 3 N–H and O–H groups in total. The lowest BCUT2D eigenvalue weighted by Crippen LogP contribution is -2.39. The van der Waals surface area contributed by atoms with E-state index in [4.69, 9.17) is 5.73 Å². The summed E-state index contributed by atoms with van der Waals surface area (Å²) in [4.78, 5) is 11.2. The molecular formula is C15H22N4S. The van der Waals surface area contributed by atoms with Crippen molar-refractivity contribution in [2.24, 2.45) is 5.73 Å². The van der Waals surface area contributed by atoms with E-state index in [9.17, 15) is 0 Å². The van der Waals surface area contributed by atoms with Gasteiger partial charge in [0.15, 0.2) is 0 Å². The van der Waals surface area contributed by atoms with Gasteiger partial charge in [0, 0.05) is 17.0 Å². The number of fused-ring (bicyclic) bond motifs is 1. The maximum atomic E-state index is 6.30. The van der Waals surface area contributed by atoms with Crippen LogP contribution >= 0.6 is 11.3 Å². The Morgan fingerprint density at radius 2 is 2.15 bits per heavy atom. The summed E-state index contributed by atoms with van der Waals surface area (Å²) in [5, 5.41) is 4.73. The Kier molecular flexibility index (Phi) is 4.17. The van der Waals surface area contributed by atoms with Crippen LogP contribution in [0.1, 0.15) is 43.9 Å². The molecular weight excluding hydrogens is 268 g/mol. The van der Waals surface area contributed by atoms with E-state index >= 15 is 0 Å². The lowest BCUT2D eigenvalue weighted by Gasteiger charge is -2.23. The van der Waals surface area contributed by atoms with Crippen LogP contribution in [0, 0.1) is 0 Å². The standard InChI is InChI=1S/C15H22N4S/c1-2-10-8-11-14(17-9-18-15(11)20-10)19-13-7-5-3-4-6-12(13)16/h8-9,12-13H,2-7,16H2,1H3,(H,17,18,19). The molecule has 2 unspecified atom stereocenters. The highest BCUT2D eigenvalue weighted by atomic mass is 32.1. The lowest BCUT2D eigenvalue weighted by atomic mass is 10.0. The van der Waals surface area contributed by atoms with E-state index < -0.39 is 0 Å². The Morgan fingerprint density at radius 3 is 3.00 bits per heavy atom. The molecule has 5 heteroatoms. The second-order valence-corrected chi connectivity index (χ2v) is 6.68. The first-order chi connectivity index (χ1) is 9.78. The van der Waals surface area contributed by atoms with Gasteiger partial charge in [-0.1, -0.05) is 26.2 Å². The van der Waals surface area contributed by atoms with Gasteiger partial charge in [0.2, 0.25) is 0 Å². The van der Waals surface area contributed by atoms with Gasteiger partial charge in [-0.2, -0.15) is 0 Å². The fourth-order valence-electron chi connectivity index (χ4n) is 2.89. The molecule has 3 rings (SSSR count). The highest BCUT2D eigenvalue weighted by Gasteiger charge is 2.21. The maximum absolute atomic E-state index is 6.30. The number of nitrogens with zero attached hydrogens (tertiary/aromatic N) is 2. The summed E-state index contributed by atoms with van der Waals surface area (Å²) in [6, 6.07) is 2.78. The molecule has 1 saturated carbocycles. The molecule has 2 aromatic rings. The summed E-state index contributed by atoms with van der Waals surface area (Å²) in [6.07, 6.45) is 8.74. The molecule has 0 spiro atoms. The molecule has 0 saturated heterocycles. The fourth-order valence-corrected chi connectivity index (χ4v) is 3.82. The molecule has 0 aromatic carbocycles. The number of anilines is 1. The first kappa shape index (κ1) is 13.8. The third kappa shape index (κ3) is 2.79. The zero-order chi connectivity index (χ0) is 13.9. The molecule has 4 nitrogen and oxygen atoms in total. The van der Waals surface area contributed by atoms with Crippen LogP contribution in [0.15, 0.2) is 12.4 Å². The number of nitrogens with one attached hydrogen (secondary N) is 1. The number of hydrogen-bond donors (Lipinski definition) is 2. The summed E-state index contributed by atoms with van der Waals surface area (Å²) in [7, 11) is 0. The zero-order valence-electron chi connectivity index (χ0n) is 11.9. The van der Waals surface area contributed by atoms with Crippen LogP contribution in [0.4, 0.5) is 5.82 Å². The van der Waals surface area contributed by atoms with Gasteiger partial charge >= 0.3 is 0 Å². The van der Waals surface area contributed by atoms with E-state index in [-0.39, 0.29) is 6.04 Å². The third-order valence-corrected chi connectivity index (χ3v) is 5.31. The van der Waals surface area contributed by atoms with Gasteiger partial charge in [0.1, 0.15) is 17.0 Å². The van der Waals surface area contributed by atoms with E-state index in [1.165, 1.54) is 24.1 Å². The average Bonchev–Trinajstić information content (AvgIpc) is 2.79. The fraction of sp³-hybridized carbons (Fsp3) is 0.600. The van der Waals surface area contributed by atoms with Crippen LogP contribution in [0.5, 0.6) is 0 Å². The number of aromatic nitrogens is 2. The van der Waals surface area contributed by atoms with Gasteiger partial charge in [-0.05, 0) is 25.3 Å². The van der Waals surface area contributed by atoms with Gasteiger partial charge in [0.05, 0.1) is 5.39 Å². The van der Waals surface area contributed by atoms with E-state index in [0.29, 0.717) is 6.04 Å². The summed E-state index contributed by atoms with van der Waals surface area (Å²) in [5.41, 5.74) is 6.30.